The number of likely N-dealkylation sites (tertiary alicyclic amines) is 1. The van der Waals surface area contributed by atoms with Gasteiger partial charge in [-0.3, -0.25) is 4.90 Å². The molecule has 0 saturated carbocycles. The second-order valence-corrected chi connectivity index (χ2v) is 6.40. The van der Waals surface area contributed by atoms with Crippen LogP contribution >= 0.6 is 0 Å². The third kappa shape index (κ3) is 5.01. The first kappa shape index (κ1) is 17.9. The molecule has 3 nitrogen and oxygen atoms in total. The van der Waals surface area contributed by atoms with E-state index in [0.717, 1.165) is 19.6 Å². The van der Waals surface area contributed by atoms with Crippen LogP contribution in [0.25, 0.3) is 0 Å². The van der Waals surface area contributed by atoms with Crippen molar-refractivity contribution >= 4 is 0 Å². The SMILES string of the molecule is CCCNC(CCCOC)C(C)(CC)N1CCCCC1. The van der Waals surface area contributed by atoms with Crippen LogP contribution in [0.5, 0.6) is 0 Å². The van der Waals surface area contributed by atoms with Gasteiger partial charge in [0.2, 0.25) is 0 Å². The van der Waals surface area contributed by atoms with Gasteiger partial charge in [0, 0.05) is 25.3 Å². The first-order chi connectivity index (χ1) is 9.69. The molecule has 0 amide bonds. The summed E-state index contributed by atoms with van der Waals surface area (Å²) in [5.74, 6) is 0. The van der Waals surface area contributed by atoms with Gasteiger partial charge in [0.25, 0.3) is 0 Å². The zero-order valence-electron chi connectivity index (χ0n) is 14.2. The molecule has 2 unspecified atom stereocenters. The molecule has 0 radical (unpaired) electrons. The molecule has 0 aromatic carbocycles. The number of ether oxygens (including phenoxy) is 1. The van der Waals surface area contributed by atoms with Crippen LogP contribution in [0, 0.1) is 0 Å². The van der Waals surface area contributed by atoms with Crippen molar-refractivity contribution in [2.75, 3.05) is 33.4 Å². The van der Waals surface area contributed by atoms with Gasteiger partial charge in [0.15, 0.2) is 0 Å². The molecule has 0 spiro atoms. The number of hydrogen-bond acceptors (Lipinski definition) is 3. The maximum Gasteiger partial charge on any atom is 0.0462 e. The Kier molecular flexibility index (Phi) is 8.74. The Balaban J connectivity index is 2.69. The maximum absolute atomic E-state index is 5.25. The molecule has 0 bridgehead atoms. The molecule has 1 aliphatic rings. The number of rotatable bonds is 10. The highest BCUT2D eigenvalue weighted by Gasteiger charge is 2.37. The first-order valence-electron chi connectivity index (χ1n) is 8.66. The molecule has 3 heteroatoms. The highest BCUT2D eigenvalue weighted by molar-refractivity contribution is 4.97. The number of piperidine rings is 1. The summed E-state index contributed by atoms with van der Waals surface area (Å²) in [6.07, 6.45) is 8.95. The molecule has 120 valence electrons. The quantitative estimate of drug-likeness (QED) is 0.622. The number of nitrogens with zero attached hydrogens (tertiary/aromatic N) is 1. The lowest BCUT2D eigenvalue weighted by atomic mass is 9.83. The fourth-order valence-corrected chi connectivity index (χ4v) is 3.48. The van der Waals surface area contributed by atoms with Gasteiger partial charge in [-0.05, 0) is 65.1 Å². The third-order valence-electron chi connectivity index (χ3n) is 5.03. The molecule has 0 aromatic heterocycles. The predicted octanol–water partition coefficient (Wildman–Crippen LogP) is 3.44. The van der Waals surface area contributed by atoms with E-state index in [9.17, 15) is 0 Å². The minimum absolute atomic E-state index is 0.295. The molecule has 0 aliphatic carbocycles. The van der Waals surface area contributed by atoms with Gasteiger partial charge in [-0.25, -0.2) is 0 Å². The molecule has 1 aliphatic heterocycles. The summed E-state index contributed by atoms with van der Waals surface area (Å²) in [6.45, 7) is 11.6. The summed E-state index contributed by atoms with van der Waals surface area (Å²) in [7, 11) is 1.80. The largest absolute Gasteiger partial charge is 0.385 e. The summed E-state index contributed by atoms with van der Waals surface area (Å²) < 4.78 is 5.25. The Labute approximate surface area is 126 Å². The topological polar surface area (TPSA) is 24.5 Å². The first-order valence-corrected chi connectivity index (χ1v) is 8.66. The summed E-state index contributed by atoms with van der Waals surface area (Å²) in [5.41, 5.74) is 0.295. The predicted molar refractivity (Wildman–Crippen MR) is 87.3 cm³/mol. The van der Waals surface area contributed by atoms with Gasteiger partial charge < -0.3 is 10.1 Å². The van der Waals surface area contributed by atoms with Crippen LogP contribution in [0.15, 0.2) is 0 Å². The molecule has 1 heterocycles. The van der Waals surface area contributed by atoms with Gasteiger partial charge in [-0.15, -0.1) is 0 Å². The number of hydrogen-bond donors (Lipinski definition) is 1. The van der Waals surface area contributed by atoms with Crippen molar-refractivity contribution in [3.8, 4) is 0 Å². The fourth-order valence-electron chi connectivity index (χ4n) is 3.48. The van der Waals surface area contributed by atoms with E-state index in [0.29, 0.717) is 11.6 Å². The highest BCUT2D eigenvalue weighted by atomic mass is 16.5. The Bertz CT molecular complexity index is 241. The summed E-state index contributed by atoms with van der Waals surface area (Å²) in [5, 5.41) is 3.82. The van der Waals surface area contributed by atoms with Gasteiger partial charge in [-0.2, -0.15) is 0 Å². The van der Waals surface area contributed by atoms with Crippen LogP contribution in [-0.2, 0) is 4.74 Å². The Morgan fingerprint density at radius 2 is 1.90 bits per heavy atom. The molecule has 2 atom stereocenters. The second-order valence-electron chi connectivity index (χ2n) is 6.40. The van der Waals surface area contributed by atoms with Gasteiger partial charge >= 0.3 is 0 Å². The van der Waals surface area contributed by atoms with Crippen molar-refractivity contribution < 1.29 is 4.74 Å². The lowest BCUT2D eigenvalue weighted by Crippen LogP contribution is -2.60. The molecular formula is C17H36N2O. The van der Waals surface area contributed by atoms with Crippen LogP contribution < -0.4 is 5.32 Å². The molecular weight excluding hydrogens is 248 g/mol. The van der Waals surface area contributed by atoms with Crippen LogP contribution in [-0.4, -0.2) is 49.8 Å². The third-order valence-corrected chi connectivity index (χ3v) is 5.03. The molecule has 20 heavy (non-hydrogen) atoms. The molecule has 1 N–H and O–H groups in total. The fraction of sp³-hybridized carbons (Fsp3) is 1.00. The molecule has 0 aromatic rings. The molecule has 1 fully saturated rings. The van der Waals surface area contributed by atoms with Gasteiger partial charge in [0.1, 0.15) is 0 Å². The minimum atomic E-state index is 0.295. The molecule has 1 rings (SSSR count). The average Bonchev–Trinajstić information content (AvgIpc) is 2.51. The van der Waals surface area contributed by atoms with E-state index in [2.05, 4.69) is 31.0 Å². The van der Waals surface area contributed by atoms with E-state index in [4.69, 9.17) is 4.74 Å². The Morgan fingerprint density at radius 1 is 1.20 bits per heavy atom. The zero-order chi connectivity index (χ0) is 14.8. The summed E-state index contributed by atoms with van der Waals surface area (Å²) in [4.78, 5) is 2.75. The van der Waals surface area contributed by atoms with Crippen molar-refractivity contribution in [1.29, 1.82) is 0 Å². The lowest BCUT2D eigenvalue weighted by molar-refractivity contribution is 0.0372. The number of methoxy groups -OCH3 is 1. The van der Waals surface area contributed by atoms with Crippen LogP contribution in [0.2, 0.25) is 0 Å². The van der Waals surface area contributed by atoms with Gasteiger partial charge in [-0.1, -0.05) is 20.3 Å². The van der Waals surface area contributed by atoms with Crippen molar-refractivity contribution in [3.05, 3.63) is 0 Å². The van der Waals surface area contributed by atoms with Crippen molar-refractivity contribution in [3.63, 3.8) is 0 Å². The highest BCUT2D eigenvalue weighted by Crippen LogP contribution is 2.29. The van der Waals surface area contributed by atoms with E-state index >= 15 is 0 Å². The standard InChI is InChI=1S/C17H36N2O/c1-5-12-18-16(11-10-15-20-4)17(3,6-2)19-13-8-7-9-14-19/h16,18H,5-15H2,1-4H3. The van der Waals surface area contributed by atoms with Crippen molar-refractivity contribution in [1.82, 2.24) is 10.2 Å². The van der Waals surface area contributed by atoms with E-state index in [1.54, 1.807) is 7.11 Å². The number of nitrogens with one attached hydrogen (secondary N) is 1. The summed E-state index contributed by atoms with van der Waals surface area (Å²) in [6, 6.07) is 0.584. The average molecular weight is 284 g/mol. The minimum Gasteiger partial charge on any atom is -0.385 e. The van der Waals surface area contributed by atoms with Gasteiger partial charge in [0.05, 0.1) is 0 Å². The normalized spacial score (nSPS) is 21.6. The maximum atomic E-state index is 5.25. The lowest BCUT2D eigenvalue weighted by Gasteiger charge is -2.48. The monoisotopic (exact) mass is 284 g/mol. The van der Waals surface area contributed by atoms with E-state index < -0.39 is 0 Å². The summed E-state index contributed by atoms with van der Waals surface area (Å²) >= 11 is 0. The second kappa shape index (κ2) is 9.75. The Hall–Kier alpha value is -0.120. The van der Waals surface area contributed by atoms with E-state index in [1.165, 1.54) is 51.6 Å². The Morgan fingerprint density at radius 3 is 2.45 bits per heavy atom. The molecule has 1 saturated heterocycles. The van der Waals surface area contributed by atoms with E-state index in [1.807, 2.05) is 0 Å². The smallest absolute Gasteiger partial charge is 0.0462 e. The van der Waals surface area contributed by atoms with E-state index in [-0.39, 0.29) is 0 Å². The van der Waals surface area contributed by atoms with Crippen LogP contribution in [0.3, 0.4) is 0 Å². The van der Waals surface area contributed by atoms with Crippen LogP contribution in [0.1, 0.15) is 65.7 Å². The van der Waals surface area contributed by atoms with Crippen LogP contribution in [0.4, 0.5) is 0 Å². The zero-order valence-corrected chi connectivity index (χ0v) is 14.2. The van der Waals surface area contributed by atoms with Crippen molar-refractivity contribution in [2.24, 2.45) is 0 Å². The van der Waals surface area contributed by atoms with Crippen molar-refractivity contribution in [2.45, 2.75) is 77.3 Å².